The van der Waals surface area contributed by atoms with Crippen LogP contribution in [-0.2, 0) is 6.54 Å². The number of nitrogens with zero attached hydrogens (tertiary/aromatic N) is 2. The SMILES string of the molecule is Cc1csc2c(=O)n(CCOc3cccc(Br)c3)cnc12. The van der Waals surface area contributed by atoms with Gasteiger partial charge >= 0.3 is 0 Å². The van der Waals surface area contributed by atoms with Gasteiger partial charge in [-0.1, -0.05) is 22.0 Å². The van der Waals surface area contributed by atoms with Crippen molar-refractivity contribution in [1.82, 2.24) is 9.55 Å². The van der Waals surface area contributed by atoms with E-state index in [0.29, 0.717) is 17.9 Å². The van der Waals surface area contributed by atoms with Crippen LogP contribution in [-0.4, -0.2) is 16.2 Å². The Morgan fingerprint density at radius 1 is 1.43 bits per heavy atom. The Balaban J connectivity index is 1.74. The van der Waals surface area contributed by atoms with Crippen LogP contribution in [0.25, 0.3) is 10.2 Å². The van der Waals surface area contributed by atoms with Gasteiger partial charge in [-0.2, -0.15) is 0 Å². The number of halogens is 1. The third-order valence-electron chi connectivity index (χ3n) is 3.12. The topological polar surface area (TPSA) is 44.1 Å². The highest BCUT2D eigenvalue weighted by Crippen LogP contribution is 2.19. The van der Waals surface area contributed by atoms with E-state index in [1.807, 2.05) is 36.6 Å². The van der Waals surface area contributed by atoms with Gasteiger partial charge in [0.2, 0.25) is 0 Å². The molecule has 3 aromatic rings. The summed E-state index contributed by atoms with van der Waals surface area (Å²) in [6, 6.07) is 7.63. The molecule has 0 saturated carbocycles. The molecule has 4 nitrogen and oxygen atoms in total. The van der Waals surface area contributed by atoms with Crippen molar-refractivity contribution in [3.8, 4) is 5.75 Å². The van der Waals surface area contributed by atoms with Gasteiger partial charge in [0.05, 0.1) is 18.4 Å². The summed E-state index contributed by atoms with van der Waals surface area (Å²) in [5, 5.41) is 1.96. The van der Waals surface area contributed by atoms with E-state index in [4.69, 9.17) is 4.74 Å². The van der Waals surface area contributed by atoms with Crippen LogP contribution in [0.3, 0.4) is 0 Å². The van der Waals surface area contributed by atoms with Crippen molar-refractivity contribution in [3.05, 3.63) is 56.4 Å². The summed E-state index contributed by atoms with van der Waals surface area (Å²) in [4.78, 5) is 16.7. The second kappa shape index (κ2) is 5.99. The molecule has 0 aliphatic carbocycles. The molecular formula is C15H13BrN2O2S. The van der Waals surface area contributed by atoms with Crippen LogP contribution >= 0.6 is 27.3 Å². The van der Waals surface area contributed by atoms with Gasteiger partial charge in [0.1, 0.15) is 17.1 Å². The fraction of sp³-hybridized carbons (Fsp3) is 0.200. The molecule has 0 amide bonds. The van der Waals surface area contributed by atoms with Crippen molar-refractivity contribution in [2.45, 2.75) is 13.5 Å². The highest BCUT2D eigenvalue weighted by molar-refractivity contribution is 9.10. The van der Waals surface area contributed by atoms with Gasteiger partial charge in [-0.25, -0.2) is 4.98 Å². The molecule has 0 aliphatic rings. The number of ether oxygens (including phenoxy) is 1. The normalized spacial score (nSPS) is 11.0. The monoisotopic (exact) mass is 364 g/mol. The number of thiophene rings is 1. The molecule has 21 heavy (non-hydrogen) atoms. The Hall–Kier alpha value is -1.66. The summed E-state index contributed by atoms with van der Waals surface area (Å²) in [6.07, 6.45) is 1.59. The molecule has 0 fully saturated rings. The van der Waals surface area contributed by atoms with E-state index < -0.39 is 0 Å². The first-order valence-corrected chi connectivity index (χ1v) is 8.14. The predicted octanol–water partition coefficient (Wildman–Crippen LogP) is 3.61. The van der Waals surface area contributed by atoms with Crippen molar-refractivity contribution in [3.63, 3.8) is 0 Å². The lowest BCUT2D eigenvalue weighted by Crippen LogP contribution is -2.22. The fourth-order valence-corrected chi connectivity index (χ4v) is 3.37. The quantitative estimate of drug-likeness (QED) is 0.710. The Kier molecular flexibility index (Phi) is 4.07. The highest BCUT2D eigenvalue weighted by Gasteiger charge is 2.08. The first-order valence-electron chi connectivity index (χ1n) is 6.47. The Labute approximate surface area is 134 Å². The average Bonchev–Trinajstić information content (AvgIpc) is 2.84. The Bertz CT molecular complexity index is 841. The summed E-state index contributed by atoms with van der Waals surface area (Å²) >= 11 is 4.84. The molecule has 0 N–H and O–H groups in total. The summed E-state index contributed by atoms with van der Waals surface area (Å²) in [6.45, 7) is 2.87. The first kappa shape index (κ1) is 14.3. The summed E-state index contributed by atoms with van der Waals surface area (Å²) in [5.74, 6) is 0.776. The highest BCUT2D eigenvalue weighted by atomic mass is 79.9. The number of hydrogen-bond donors (Lipinski definition) is 0. The van der Waals surface area contributed by atoms with Gasteiger partial charge in [0, 0.05) is 4.47 Å². The molecule has 0 unspecified atom stereocenters. The van der Waals surface area contributed by atoms with Crippen molar-refractivity contribution >= 4 is 37.5 Å². The molecule has 0 radical (unpaired) electrons. The number of fused-ring (bicyclic) bond motifs is 1. The Morgan fingerprint density at radius 2 is 2.29 bits per heavy atom. The van der Waals surface area contributed by atoms with Crippen LogP contribution in [0.4, 0.5) is 0 Å². The van der Waals surface area contributed by atoms with Crippen LogP contribution < -0.4 is 10.3 Å². The molecule has 2 heterocycles. The largest absolute Gasteiger partial charge is 0.492 e. The Morgan fingerprint density at radius 3 is 3.10 bits per heavy atom. The standard InChI is InChI=1S/C15H13BrN2O2S/c1-10-8-21-14-13(10)17-9-18(15(14)19)5-6-20-12-4-2-3-11(16)7-12/h2-4,7-9H,5-6H2,1H3. The minimum atomic E-state index is -0.00376. The number of hydrogen-bond acceptors (Lipinski definition) is 4. The number of rotatable bonds is 4. The predicted molar refractivity (Wildman–Crippen MR) is 88.3 cm³/mol. The van der Waals surface area contributed by atoms with Crippen molar-refractivity contribution in [2.75, 3.05) is 6.61 Å². The first-order chi connectivity index (χ1) is 10.1. The average molecular weight is 365 g/mol. The molecule has 2 aromatic heterocycles. The van der Waals surface area contributed by atoms with Crippen LogP contribution in [0, 0.1) is 6.92 Å². The van der Waals surface area contributed by atoms with Crippen LogP contribution in [0.15, 0.2) is 45.2 Å². The van der Waals surface area contributed by atoms with Crippen molar-refractivity contribution < 1.29 is 4.74 Å². The van der Waals surface area contributed by atoms with Gasteiger partial charge < -0.3 is 4.74 Å². The lowest BCUT2D eigenvalue weighted by molar-refractivity contribution is 0.296. The zero-order chi connectivity index (χ0) is 14.8. The minimum absolute atomic E-state index is 0.00376. The van der Waals surface area contributed by atoms with Crippen LogP contribution in [0.1, 0.15) is 5.56 Å². The van der Waals surface area contributed by atoms with E-state index in [1.165, 1.54) is 11.3 Å². The summed E-state index contributed by atoms with van der Waals surface area (Å²) in [7, 11) is 0. The zero-order valence-corrected chi connectivity index (χ0v) is 13.8. The molecular weight excluding hydrogens is 352 g/mol. The molecule has 0 spiro atoms. The van der Waals surface area contributed by atoms with Crippen molar-refractivity contribution in [1.29, 1.82) is 0 Å². The van der Waals surface area contributed by atoms with E-state index in [0.717, 1.165) is 21.3 Å². The molecule has 0 atom stereocenters. The van der Waals surface area contributed by atoms with Gasteiger partial charge in [-0.3, -0.25) is 9.36 Å². The maximum absolute atomic E-state index is 12.3. The van der Waals surface area contributed by atoms with Gasteiger partial charge in [0.25, 0.3) is 5.56 Å². The molecule has 1 aromatic carbocycles. The lowest BCUT2D eigenvalue weighted by Gasteiger charge is -2.08. The van der Waals surface area contributed by atoms with E-state index in [9.17, 15) is 4.79 Å². The third kappa shape index (κ3) is 3.01. The molecule has 108 valence electrons. The maximum atomic E-state index is 12.3. The summed E-state index contributed by atoms with van der Waals surface area (Å²) < 4.78 is 8.92. The lowest BCUT2D eigenvalue weighted by atomic mass is 10.3. The van der Waals surface area contributed by atoms with Gasteiger partial charge in [0.15, 0.2) is 0 Å². The van der Waals surface area contributed by atoms with E-state index >= 15 is 0 Å². The van der Waals surface area contributed by atoms with Crippen LogP contribution in [0.2, 0.25) is 0 Å². The summed E-state index contributed by atoms with van der Waals surface area (Å²) in [5.41, 5.74) is 1.84. The van der Waals surface area contributed by atoms with E-state index in [2.05, 4.69) is 20.9 Å². The van der Waals surface area contributed by atoms with Gasteiger partial charge in [-0.05, 0) is 36.1 Å². The molecule has 0 saturated heterocycles. The molecule has 0 bridgehead atoms. The number of aromatic nitrogens is 2. The fourth-order valence-electron chi connectivity index (χ4n) is 2.04. The van der Waals surface area contributed by atoms with Gasteiger partial charge in [-0.15, -0.1) is 11.3 Å². The maximum Gasteiger partial charge on any atom is 0.271 e. The third-order valence-corrected chi connectivity index (χ3v) is 4.69. The second-order valence-corrected chi connectivity index (χ2v) is 6.44. The molecule has 3 rings (SSSR count). The minimum Gasteiger partial charge on any atom is -0.492 e. The van der Waals surface area contributed by atoms with Crippen LogP contribution in [0.5, 0.6) is 5.75 Å². The number of aryl methyl sites for hydroxylation is 1. The van der Waals surface area contributed by atoms with E-state index in [-0.39, 0.29) is 5.56 Å². The second-order valence-electron chi connectivity index (χ2n) is 4.65. The zero-order valence-electron chi connectivity index (χ0n) is 11.4. The smallest absolute Gasteiger partial charge is 0.271 e. The molecule has 0 aliphatic heterocycles. The number of benzene rings is 1. The van der Waals surface area contributed by atoms with E-state index in [1.54, 1.807) is 10.9 Å². The molecule has 6 heteroatoms. The van der Waals surface area contributed by atoms with Crippen molar-refractivity contribution in [2.24, 2.45) is 0 Å².